The van der Waals surface area contributed by atoms with Crippen molar-refractivity contribution in [2.24, 2.45) is 0 Å². The monoisotopic (exact) mass is 321 g/mol. The van der Waals surface area contributed by atoms with E-state index in [0.717, 1.165) is 0 Å². The zero-order valence-electron chi connectivity index (χ0n) is 12.9. The first-order valence-corrected chi connectivity index (χ1v) is 7.21. The van der Waals surface area contributed by atoms with Crippen molar-refractivity contribution in [3.63, 3.8) is 0 Å². The van der Waals surface area contributed by atoms with Crippen LogP contribution < -0.4 is 10.8 Å². The maximum absolute atomic E-state index is 13.0. The first-order chi connectivity index (χ1) is 11.4. The lowest BCUT2D eigenvalue weighted by Crippen LogP contribution is -2.13. The van der Waals surface area contributed by atoms with E-state index >= 15 is 0 Å². The largest absolute Gasteiger partial charge is 0.872 e. The van der Waals surface area contributed by atoms with Crippen LogP contribution in [0.4, 0.5) is 10.3 Å². The van der Waals surface area contributed by atoms with Gasteiger partial charge >= 0.3 is 0 Å². The van der Waals surface area contributed by atoms with Crippen molar-refractivity contribution >= 4 is 23.0 Å². The number of nitrogens with two attached hydrogens (primary N) is 1. The van der Waals surface area contributed by atoms with E-state index in [1.807, 2.05) is 0 Å². The first-order valence-electron chi connectivity index (χ1n) is 7.21. The van der Waals surface area contributed by atoms with Crippen molar-refractivity contribution in [1.82, 2.24) is 9.97 Å². The van der Waals surface area contributed by atoms with Gasteiger partial charge in [0.15, 0.2) is 0 Å². The van der Waals surface area contributed by atoms with Crippen molar-refractivity contribution in [2.75, 3.05) is 5.73 Å². The van der Waals surface area contributed by atoms with Gasteiger partial charge in [-0.05, 0) is 48.4 Å². The molecule has 1 heterocycles. The SMILES string of the molecule is Cc1cc(C2=C/C(=C(/[O-])c3ccc(F)cc3)C(=N)C=C2)nc(N)n1. The molecule has 24 heavy (non-hydrogen) atoms. The molecule has 0 radical (unpaired) electrons. The molecule has 0 fully saturated rings. The molecular formula is C18H14FN4O-. The van der Waals surface area contributed by atoms with E-state index in [2.05, 4.69) is 9.97 Å². The Kier molecular flexibility index (Phi) is 3.95. The quantitative estimate of drug-likeness (QED) is 0.829. The smallest absolute Gasteiger partial charge is 0.220 e. The Hall–Kier alpha value is -3.28. The molecule has 5 nitrogen and oxygen atoms in total. The molecule has 0 saturated heterocycles. The number of hydrogen-bond acceptors (Lipinski definition) is 5. The van der Waals surface area contributed by atoms with Crippen LogP contribution in [0.5, 0.6) is 0 Å². The summed E-state index contributed by atoms with van der Waals surface area (Å²) in [6, 6.07) is 6.99. The zero-order chi connectivity index (χ0) is 17.3. The number of aromatic nitrogens is 2. The molecule has 0 amide bonds. The summed E-state index contributed by atoms with van der Waals surface area (Å²) in [4.78, 5) is 8.18. The summed E-state index contributed by atoms with van der Waals surface area (Å²) in [5.74, 6) is -0.620. The van der Waals surface area contributed by atoms with Gasteiger partial charge in [-0.25, -0.2) is 14.4 Å². The van der Waals surface area contributed by atoms with Gasteiger partial charge in [0, 0.05) is 11.3 Å². The molecule has 6 heteroatoms. The van der Waals surface area contributed by atoms with Crippen molar-refractivity contribution in [1.29, 1.82) is 5.41 Å². The van der Waals surface area contributed by atoms with Gasteiger partial charge in [-0.1, -0.05) is 24.0 Å². The van der Waals surface area contributed by atoms with E-state index in [1.54, 1.807) is 25.1 Å². The maximum atomic E-state index is 13.0. The minimum Gasteiger partial charge on any atom is -0.872 e. The number of rotatable bonds is 2. The Morgan fingerprint density at radius 3 is 2.54 bits per heavy atom. The molecule has 0 bridgehead atoms. The lowest BCUT2D eigenvalue weighted by atomic mass is 9.95. The highest BCUT2D eigenvalue weighted by atomic mass is 19.1. The van der Waals surface area contributed by atoms with Gasteiger partial charge in [-0.2, -0.15) is 0 Å². The highest BCUT2D eigenvalue weighted by molar-refractivity contribution is 6.16. The fourth-order valence-electron chi connectivity index (χ4n) is 2.39. The highest BCUT2D eigenvalue weighted by Gasteiger charge is 2.12. The highest BCUT2D eigenvalue weighted by Crippen LogP contribution is 2.26. The maximum Gasteiger partial charge on any atom is 0.220 e. The van der Waals surface area contributed by atoms with E-state index in [9.17, 15) is 9.50 Å². The minimum atomic E-state index is -0.418. The topological polar surface area (TPSA) is 98.7 Å². The fraction of sp³-hybridized carbons (Fsp3) is 0.0556. The molecule has 1 aromatic carbocycles. The number of halogens is 1. The van der Waals surface area contributed by atoms with Crippen molar-refractivity contribution in [3.8, 4) is 0 Å². The van der Waals surface area contributed by atoms with Gasteiger partial charge in [0.25, 0.3) is 0 Å². The van der Waals surface area contributed by atoms with E-state index in [4.69, 9.17) is 11.1 Å². The summed E-state index contributed by atoms with van der Waals surface area (Å²) >= 11 is 0. The number of allylic oxidation sites excluding steroid dienone is 5. The van der Waals surface area contributed by atoms with Gasteiger partial charge in [0.2, 0.25) is 5.95 Å². The Balaban J connectivity index is 2.09. The van der Waals surface area contributed by atoms with Crippen LogP contribution in [-0.2, 0) is 0 Å². The molecule has 3 rings (SSSR count). The molecule has 1 aliphatic rings. The molecule has 120 valence electrons. The lowest BCUT2D eigenvalue weighted by Gasteiger charge is -2.20. The van der Waals surface area contributed by atoms with E-state index in [0.29, 0.717) is 22.5 Å². The van der Waals surface area contributed by atoms with Gasteiger partial charge in [-0.15, -0.1) is 0 Å². The van der Waals surface area contributed by atoms with Crippen LogP contribution in [0.15, 0.2) is 54.1 Å². The van der Waals surface area contributed by atoms with Gasteiger partial charge < -0.3 is 16.2 Å². The molecule has 0 saturated carbocycles. The zero-order valence-corrected chi connectivity index (χ0v) is 12.9. The van der Waals surface area contributed by atoms with Crippen LogP contribution in [0.1, 0.15) is 17.0 Å². The number of anilines is 1. The van der Waals surface area contributed by atoms with Crippen molar-refractivity contribution in [3.05, 3.63) is 76.9 Å². The molecule has 3 N–H and O–H groups in total. The van der Waals surface area contributed by atoms with E-state index in [1.165, 1.54) is 30.3 Å². The van der Waals surface area contributed by atoms with Crippen LogP contribution >= 0.6 is 0 Å². The number of nitrogens with zero attached hydrogens (tertiary/aromatic N) is 2. The average molecular weight is 321 g/mol. The molecule has 0 unspecified atom stereocenters. The number of hydrogen-bond donors (Lipinski definition) is 2. The number of nitrogens with one attached hydrogen (secondary N) is 1. The number of nitrogen functional groups attached to an aromatic ring is 1. The van der Waals surface area contributed by atoms with Crippen LogP contribution in [0.25, 0.3) is 11.3 Å². The molecule has 2 aromatic rings. The average Bonchev–Trinajstić information content (AvgIpc) is 2.54. The summed E-state index contributed by atoms with van der Waals surface area (Å²) in [6.07, 6.45) is 4.82. The number of aryl methyl sites for hydroxylation is 1. The van der Waals surface area contributed by atoms with Crippen molar-refractivity contribution < 1.29 is 9.50 Å². The van der Waals surface area contributed by atoms with Crippen LogP contribution in [0.2, 0.25) is 0 Å². The summed E-state index contributed by atoms with van der Waals surface area (Å²) in [7, 11) is 0. The molecule has 1 aliphatic carbocycles. The lowest BCUT2D eigenvalue weighted by molar-refractivity contribution is -0.244. The third-order valence-electron chi connectivity index (χ3n) is 3.54. The third kappa shape index (κ3) is 3.08. The third-order valence-corrected chi connectivity index (χ3v) is 3.54. The van der Waals surface area contributed by atoms with E-state index in [-0.39, 0.29) is 23.0 Å². The van der Waals surface area contributed by atoms with E-state index < -0.39 is 5.82 Å². The van der Waals surface area contributed by atoms with Gasteiger partial charge in [0.1, 0.15) is 5.82 Å². The predicted octanol–water partition coefficient (Wildman–Crippen LogP) is 2.25. The predicted molar refractivity (Wildman–Crippen MR) is 89.3 cm³/mol. The summed E-state index contributed by atoms with van der Waals surface area (Å²) in [6.45, 7) is 1.80. The summed E-state index contributed by atoms with van der Waals surface area (Å²) in [5.41, 5.74) is 8.24. The second kappa shape index (κ2) is 6.08. The Bertz CT molecular complexity index is 891. The summed E-state index contributed by atoms with van der Waals surface area (Å²) in [5, 5.41) is 20.6. The number of benzene rings is 1. The Labute approximate surface area is 138 Å². The van der Waals surface area contributed by atoms with Gasteiger partial charge in [0.05, 0.1) is 11.4 Å². The molecule has 1 aromatic heterocycles. The van der Waals surface area contributed by atoms with Crippen molar-refractivity contribution in [2.45, 2.75) is 6.92 Å². The minimum absolute atomic E-state index is 0.0897. The second-order valence-corrected chi connectivity index (χ2v) is 5.35. The Morgan fingerprint density at radius 2 is 1.88 bits per heavy atom. The second-order valence-electron chi connectivity index (χ2n) is 5.35. The molecule has 0 aliphatic heterocycles. The molecular weight excluding hydrogens is 307 g/mol. The van der Waals surface area contributed by atoms with Crippen LogP contribution in [0, 0.1) is 18.2 Å². The van der Waals surface area contributed by atoms with Gasteiger partial charge in [-0.3, -0.25) is 0 Å². The normalized spacial score (nSPS) is 16.1. The molecule has 0 spiro atoms. The fourth-order valence-corrected chi connectivity index (χ4v) is 2.39. The first kappa shape index (κ1) is 15.6. The van der Waals surface area contributed by atoms with Crippen LogP contribution in [0.3, 0.4) is 0 Å². The summed E-state index contributed by atoms with van der Waals surface area (Å²) < 4.78 is 13.0. The van der Waals surface area contributed by atoms with Crippen LogP contribution in [-0.4, -0.2) is 15.7 Å². The Morgan fingerprint density at radius 1 is 1.17 bits per heavy atom. The standard InChI is InChI=1S/C18H15FN4O/c1-10-8-16(23-18(21)22-10)12-4-7-15(20)14(9-12)17(24)11-2-5-13(19)6-3-11/h2-9,20,24H,1H3,(H2,21,22,23)/p-1/b17-14-,20-15?. The molecule has 0 atom stereocenters.